The Morgan fingerprint density at radius 2 is 1.68 bits per heavy atom. The van der Waals surface area contributed by atoms with Gasteiger partial charge in [0.25, 0.3) is 5.91 Å². The lowest BCUT2D eigenvalue weighted by Gasteiger charge is -2.16. The number of anilines is 2. The molecule has 2 N–H and O–H groups in total. The van der Waals surface area contributed by atoms with Gasteiger partial charge in [-0.25, -0.2) is 9.97 Å². The first-order valence-corrected chi connectivity index (χ1v) is 9.42. The Hall–Kier alpha value is -2.64. The van der Waals surface area contributed by atoms with Gasteiger partial charge < -0.3 is 10.6 Å². The second-order valence-corrected chi connectivity index (χ2v) is 7.08. The molecule has 0 unspecified atom stereocenters. The number of benzene rings is 1. The highest BCUT2D eigenvalue weighted by molar-refractivity contribution is 5.92. The molecule has 1 aliphatic rings. The minimum absolute atomic E-state index is 0.150. The Morgan fingerprint density at radius 3 is 2.29 bits per heavy atom. The molecule has 0 saturated heterocycles. The number of nitrogens with zero attached hydrogens (tertiary/aromatic N) is 2. The molecule has 1 aromatic heterocycles. The molecule has 0 radical (unpaired) electrons. The van der Waals surface area contributed by atoms with Gasteiger partial charge >= 0.3 is 6.18 Å². The van der Waals surface area contributed by atoms with E-state index in [1.807, 2.05) is 0 Å². The highest BCUT2D eigenvalue weighted by Gasteiger charge is 2.30. The van der Waals surface area contributed by atoms with Crippen LogP contribution in [0.4, 0.5) is 24.8 Å². The summed E-state index contributed by atoms with van der Waals surface area (Å²) in [5.74, 6) is -0.0846. The van der Waals surface area contributed by atoms with Gasteiger partial charge in [-0.15, -0.1) is 0 Å². The molecule has 0 aliphatic heterocycles. The number of aryl methyl sites for hydroxylation is 1. The predicted octanol–water partition coefficient (Wildman–Crippen LogP) is 5.00. The minimum atomic E-state index is -4.39. The fraction of sp³-hybridized carbons (Fsp3) is 0.450. The summed E-state index contributed by atoms with van der Waals surface area (Å²) in [6.45, 7) is 1.74. The Morgan fingerprint density at radius 1 is 1.04 bits per heavy atom. The first-order valence-electron chi connectivity index (χ1n) is 9.42. The number of amides is 1. The third-order valence-corrected chi connectivity index (χ3v) is 4.75. The Bertz CT molecular complexity index is 813. The molecular formula is C20H23F3N4O. The van der Waals surface area contributed by atoms with E-state index in [0.717, 1.165) is 37.8 Å². The van der Waals surface area contributed by atoms with E-state index < -0.39 is 11.7 Å². The highest BCUT2D eigenvalue weighted by atomic mass is 19.4. The molecule has 1 aliphatic carbocycles. The summed E-state index contributed by atoms with van der Waals surface area (Å²) in [7, 11) is 0. The van der Waals surface area contributed by atoms with E-state index in [9.17, 15) is 18.0 Å². The zero-order valence-electron chi connectivity index (χ0n) is 15.6. The maximum atomic E-state index is 12.7. The number of carbonyl (C=O) groups excluding carboxylic acids is 1. The maximum Gasteiger partial charge on any atom is 0.416 e. The molecule has 1 aromatic carbocycles. The molecule has 28 heavy (non-hydrogen) atoms. The van der Waals surface area contributed by atoms with Gasteiger partial charge in [0.1, 0.15) is 5.69 Å². The molecular weight excluding hydrogens is 369 g/mol. The van der Waals surface area contributed by atoms with Crippen molar-refractivity contribution in [2.75, 3.05) is 5.32 Å². The van der Waals surface area contributed by atoms with Gasteiger partial charge in [0.2, 0.25) is 5.95 Å². The Kier molecular flexibility index (Phi) is 6.16. The molecule has 1 heterocycles. The molecule has 1 fully saturated rings. The van der Waals surface area contributed by atoms with E-state index in [0.29, 0.717) is 11.4 Å². The van der Waals surface area contributed by atoms with Crippen LogP contribution < -0.4 is 10.6 Å². The first kappa shape index (κ1) is 20.1. The third-order valence-electron chi connectivity index (χ3n) is 4.75. The number of aromatic nitrogens is 2. The second-order valence-electron chi connectivity index (χ2n) is 7.08. The predicted molar refractivity (Wildman–Crippen MR) is 100 cm³/mol. The van der Waals surface area contributed by atoms with E-state index >= 15 is 0 Å². The fourth-order valence-electron chi connectivity index (χ4n) is 3.30. The average Bonchev–Trinajstić information content (AvgIpc) is 2.89. The quantitative estimate of drug-likeness (QED) is 0.719. The topological polar surface area (TPSA) is 66.9 Å². The lowest BCUT2D eigenvalue weighted by molar-refractivity contribution is -0.137. The van der Waals surface area contributed by atoms with Crippen molar-refractivity contribution in [2.45, 2.75) is 57.7 Å². The molecule has 1 amide bonds. The van der Waals surface area contributed by atoms with Crippen molar-refractivity contribution < 1.29 is 18.0 Å². The molecule has 150 valence electrons. The van der Waals surface area contributed by atoms with Crippen molar-refractivity contribution in [1.29, 1.82) is 0 Å². The molecule has 2 aromatic rings. The molecule has 1 saturated carbocycles. The smallest absolute Gasteiger partial charge is 0.348 e. The molecule has 0 atom stereocenters. The van der Waals surface area contributed by atoms with Crippen LogP contribution in [0, 0.1) is 6.92 Å². The molecule has 8 heteroatoms. The van der Waals surface area contributed by atoms with Crippen molar-refractivity contribution in [1.82, 2.24) is 15.3 Å². The van der Waals surface area contributed by atoms with Gasteiger partial charge in [-0.2, -0.15) is 13.2 Å². The van der Waals surface area contributed by atoms with Gasteiger partial charge in [0.05, 0.1) is 5.56 Å². The summed E-state index contributed by atoms with van der Waals surface area (Å²) >= 11 is 0. The van der Waals surface area contributed by atoms with Crippen LogP contribution >= 0.6 is 0 Å². The largest absolute Gasteiger partial charge is 0.416 e. The minimum Gasteiger partial charge on any atom is -0.348 e. The van der Waals surface area contributed by atoms with E-state index in [-0.39, 0.29) is 23.6 Å². The summed E-state index contributed by atoms with van der Waals surface area (Å²) in [5.41, 5.74) is 0.516. The molecule has 0 spiro atoms. The normalized spacial score (nSPS) is 15.7. The monoisotopic (exact) mass is 392 g/mol. The van der Waals surface area contributed by atoms with Crippen molar-refractivity contribution in [3.05, 3.63) is 47.3 Å². The van der Waals surface area contributed by atoms with Gasteiger partial charge in [-0.3, -0.25) is 4.79 Å². The molecule has 0 bridgehead atoms. The average molecular weight is 392 g/mol. The third kappa shape index (κ3) is 5.43. The zero-order chi connectivity index (χ0) is 20.1. The zero-order valence-corrected chi connectivity index (χ0v) is 15.6. The summed E-state index contributed by atoms with van der Waals surface area (Å²) in [5, 5.41) is 5.90. The summed E-state index contributed by atoms with van der Waals surface area (Å²) in [4.78, 5) is 21.0. The lowest BCUT2D eigenvalue weighted by Crippen LogP contribution is -2.35. The Balaban J connectivity index is 1.71. The summed E-state index contributed by atoms with van der Waals surface area (Å²) in [6.07, 6.45) is 2.14. The maximum absolute atomic E-state index is 12.7. The lowest BCUT2D eigenvalue weighted by atomic mass is 10.1. The molecule has 3 rings (SSSR count). The van der Waals surface area contributed by atoms with Crippen LogP contribution in [0.25, 0.3) is 0 Å². The van der Waals surface area contributed by atoms with Crippen LogP contribution in [0.5, 0.6) is 0 Å². The van der Waals surface area contributed by atoms with Crippen LogP contribution in [0.3, 0.4) is 0 Å². The SMILES string of the molecule is Cc1cc(C(=O)NC2CCCCCC2)nc(Nc2ccc(C(F)(F)F)cc2)n1. The summed E-state index contributed by atoms with van der Waals surface area (Å²) < 4.78 is 38.0. The van der Waals surface area contributed by atoms with E-state index in [2.05, 4.69) is 20.6 Å². The van der Waals surface area contributed by atoms with Crippen LogP contribution in [0.1, 0.15) is 60.3 Å². The number of carbonyl (C=O) groups is 1. The van der Waals surface area contributed by atoms with E-state index in [1.165, 1.54) is 25.0 Å². The van der Waals surface area contributed by atoms with Gasteiger partial charge in [0, 0.05) is 17.4 Å². The Labute approximate surface area is 161 Å². The van der Waals surface area contributed by atoms with Gasteiger partial charge in [-0.1, -0.05) is 25.7 Å². The van der Waals surface area contributed by atoms with Gasteiger partial charge in [0.15, 0.2) is 0 Å². The van der Waals surface area contributed by atoms with Crippen molar-refractivity contribution in [3.8, 4) is 0 Å². The number of nitrogens with one attached hydrogen (secondary N) is 2. The second kappa shape index (κ2) is 8.58. The first-order chi connectivity index (χ1) is 13.3. The summed E-state index contributed by atoms with van der Waals surface area (Å²) in [6, 6.07) is 6.33. The van der Waals surface area contributed by atoms with E-state index in [1.54, 1.807) is 13.0 Å². The van der Waals surface area contributed by atoms with Crippen LogP contribution in [0.2, 0.25) is 0 Å². The van der Waals surface area contributed by atoms with Crippen LogP contribution in [-0.2, 0) is 6.18 Å². The van der Waals surface area contributed by atoms with Crippen molar-refractivity contribution >= 4 is 17.5 Å². The van der Waals surface area contributed by atoms with Crippen LogP contribution in [-0.4, -0.2) is 21.9 Å². The number of hydrogen-bond acceptors (Lipinski definition) is 4. The number of rotatable bonds is 4. The number of hydrogen-bond donors (Lipinski definition) is 2. The van der Waals surface area contributed by atoms with E-state index in [4.69, 9.17) is 0 Å². The van der Waals surface area contributed by atoms with Crippen molar-refractivity contribution in [3.63, 3.8) is 0 Å². The number of halogens is 3. The molecule has 5 nitrogen and oxygen atoms in total. The highest BCUT2D eigenvalue weighted by Crippen LogP contribution is 2.30. The van der Waals surface area contributed by atoms with Gasteiger partial charge in [-0.05, 0) is 50.1 Å². The van der Waals surface area contributed by atoms with Crippen LogP contribution in [0.15, 0.2) is 30.3 Å². The number of alkyl halides is 3. The fourth-order valence-corrected chi connectivity index (χ4v) is 3.30. The standard InChI is InChI=1S/C20H23F3N4O/c1-13-12-17(18(28)25-15-6-4-2-3-5-7-15)27-19(24-13)26-16-10-8-14(9-11-16)20(21,22)23/h8-12,15H,2-7H2,1H3,(H,25,28)(H,24,26,27). The van der Waals surface area contributed by atoms with Crippen molar-refractivity contribution in [2.24, 2.45) is 0 Å².